The number of carbonyl (C=O) groups excluding carboxylic acids is 1. The zero-order valence-electron chi connectivity index (χ0n) is 10.7. The highest BCUT2D eigenvalue weighted by molar-refractivity contribution is 8.26. The van der Waals surface area contributed by atoms with Crippen molar-refractivity contribution in [3.8, 4) is 0 Å². The van der Waals surface area contributed by atoms with Gasteiger partial charge in [-0.15, -0.1) is 23.5 Å². The SMILES string of the molecule is CC(=O)C1CS/C(=C2\C(=S)N(C)c3ccccc32)S1. The van der Waals surface area contributed by atoms with Gasteiger partial charge in [0.15, 0.2) is 0 Å². The maximum atomic E-state index is 11.5. The molecule has 0 aliphatic carbocycles. The van der Waals surface area contributed by atoms with Crippen LogP contribution in [0.25, 0.3) is 5.57 Å². The van der Waals surface area contributed by atoms with Crippen LogP contribution in [0.5, 0.6) is 0 Å². The van der Waals surface area contributed by atoms with E-state index >= 15 is 0 Å². The molecule has 2 heterocycles. The second-order valence-corrected chi connectivity index (χ2v) is 7.46. The molecule has 1 aromatic carbocycles. The fourth-order valence-electron chi connectivity index (χ4n) is 2.25. The van der Waals surface area contributed by atoms with Crippen LogP contribution in [0, 0.1) is 0 Å². The second kappa shape index (κ2) is 4.96. The molecule has 0 N–H and O–H groups in total. The summed E-state index contributed by atoms with van der Waals surface area (Å²) in [6.07, 6.45) is 0. The van der Waals surface area contributed by atoms with E-state index in [0.29, 0.717) is 0 Å². The van der Waals surface area contributed by atoms with E-state index in [2.05, 4.69) is 17.0 Å². The number of hydrogen-bond acceptors (Lipinski definition) is 4. The van der Waals surface area contributed by atoms with Gasteiger partial charge in [0.25, 0.3) is 0 Å². The highest BCUT2D eigenvalue weighted by Crippen LogP contribution is 2.50. The molecule has 98 valence electrons. The van der Waals surface area contributed by atoms with E-state index in [1.165, 1.54) is 9.80 Å². The Hall–Kier alpha value is -0.780. The van der Waals surface area contributed by atoms with Crippen molar-refractivity contribution in [2.75, 3.05) is 17.7 Å². The Balaban J connectivity index is 2.07. The van der Waals surface area contributed by atoms with Crippen LogP contribution in [0.1, 0.15) is 12.5 Å². The maximum Gasteiger partial charge on any atom is 0.143 e. The molecule has 1 atom stereocenters. The summed E-state index contributed by atoms with van der Waals surface area (Å²) in [6.45, 7) is 1.67. The first-order chi connectivity index (χ1) is 9.09. The van der Waals surface area contributed by atoms with Gasteiger partial charge in [0.2, 0.25) is 0 Å². The minimum absolute atomic E-state index is 0.0772. The molecule has 0 aromatic heterocycles. The number of fused-ring (bicyclic) bond motifs is 1. The predicted octanol–water partition coefficient (Wildman–Crippen LogP) is 3.57. The first-order valence-electron chi connectivity index (χ1n) is 6.01. The van der Waals surface area contributed by atoms with E-state index in [-0.39, 0.29) is 11.0 Å². The van der Waals surface area contributed by atoms with E-state index in [4.69, 9.17) is 12.2 Å². The highest BCUT2D eigenvalue weighted by Gasteiger charge is 2.34. The number of thiocarbonyl (C=S) groups is 1. The third-order valence-corrected chi connectivity index (χ3v) is 6.82. The van der Waals surface area contributed by atoms with E-state index in [0.717, 1.165) is 22.0 Å². The van der Waals surface area contributed by atoms with E-state index in [1.807, 2.05) is 19.2 Å². The number of hydrogen-bond donors (Lipinski definition) is 0. The van der Waals surface area contributed by atoms with Crippen molar-refractivity contribution in [2.24, 2.45) is 0 Å². The third kappa shape index (κ3) is 2.14. The molecule has 3 rings (SSSR count). The van der Waals surface area contributed by atoms with Crippen molar-refractivity contribution in [1.29, 1.82) is 0 Å². The lowest BCUT2D eigenvalue weighted by Gasteiger charge is -2.11. The Bertz CT molecular complexity index is 608. The Labute approximate surface area is 126 Å². The number of anilines is 1. The molecule has 2 nitrogen and oxygen atoms in total. The normalized spacial score (nSPS) is 25.9. The molecule has 19 heavy (non-hydrogen) atoms. The van der Waals surface area contributed by atoms with E-state index in [9.17, 15) is 4.79 Å². The van der Waals surface area contributed by atoms with Crippen LogP contribution in [0.4, 0.5) is 5.69 Å². The Morgan fingerprint density at radius 2 is 2.16 bits per heavy atom. The van der Waals surface area contributed by atoms with Gasteiger partial charge in [-0.05, 0) is 13.0 Å². The molecule has 5 heteroatoms. The molecule has 0 saturated carbocycles. The van der Waals surface area contributed by atoms with Crippen LogP contribution in [0.3, 0.4) is 0 Å². The lowest BCUT2D eigenvalue weighted by Crippen LogP contribution is -2.18. The number of nitrogens with zero attached hydrogens (tertiary/aromatic N) is 1. The van der Waals surface area contributed by atoms with Gasteiger partial charge in [0, 0.05) is 29.6 Å². The number of benzene rings is 1. The summed E-state index contributed by atoms with van der Waals surface area (Å²) in [5.74, 6) is 1.10. The largest absolute Gasteiger partial charge is 0.335 e. The smallest absolute Gasteiger partial charge is 0.143 e. The van der Waals surface area contributed by atoms with E-state index < -0.39 is 0 Å². The lowest BCUT2D eigenvalue weighted by atomic mass is 10.1. The van der Waals surface area contributed by atoms with Gasteiger partial charge in [0.05, 0.1) is 9.49 Å². The number of ketones is 1. The first-order valence-corrected chi connectivity index (χ1v) is 8.28. The molecule has 2 aliphatic rings. The molecule has 0 spiro atoms. The van der Waals surface area contributed by atoms with Crippen molar-refractivity contribution in [2.45, 2.75) is 12.2 Å². The molecule has 1 unspecified atom stereocenters. The average molecular weight is 307 g/mol. The molecule has 0 radical (unpaired) electrons. The van der Waals surface area contributed by atoms with Crippen LogP contribution in [-0.2, 0) is 4.79 Å². The second-order valence-electron chi connectivity index (χ2n) is 4.57. The molecule has 0 bridgehead atoms. The van der Waals surface area contributed by atoms with Crippen LogP contribution < -0.4 is 4.90 Å². The summed E-state index contributed by atoms with van der Waals surface area (Å²) < 4.78 is 1.20. The number of carbonyl (C=O) groups is 1. The molecular formula is C14H13NOS3. The molecule has 0 amide bonds. The number of likely N-dealkylation sites (N-methyl/N-ethyl adjacent to an activating group) is 1. The number of Topliss-reactive ketones (excluding diaryl/α,β-unsaturated/α-hetero) is 1. The number of para-hydroxylation sites is 1. The molecule has 1 aromatic rings. The van der Waals surface area contributed by atoms with E-state index in [1.54, 1.807) is 30.4 Å². The van der Waals surface area contributed by atoms with Crippen LogP contribution in [0.15, 0.2) is 28.5 Å². The van der Waals surface area contributed by atoms with Crippen molar-refractivity contribution in [3.05, 3.63) is 34.1 Å². The van der Waals surface area contributed by atoms with Crippen LogP contribution >= 0.6 is 35.7 Å². The predicted molar refractivity (Wildman–Crippen MR) is 88.9 cm³/mol. The summed E-state index contributed by atoms with van der Waals surface area (Å²) in [5, 5.41) is 0.0772. The zero-order chi connectivity index (χ0) is 13.6. The first kappa shape index (κ1) is 13.2. The fraction of sp³-hybridized carbons (Fsp3) is 0.286. The minimum atomic E-state index is 0.0772. The highest BCUT2D eigenvalue weighted by atomic mass is 32.2. The van der Waals surface area contributed by atoms with Gasteiger partial charge in [-0.3, -0.25) is 4.79 Å². The molecule has 2 aliphatic heterocycles. The number of thioether (sulfide) groups is 2. The van der Waals surface area contributed by atoms with Crippen molar-refractivity contribution < 1.29 is 4.79 Å². The summed E-state index contributed by atoms with van der Waals surface area (Å²) >= 11 is 8.98. The van der Waals surface area contributed by atoms with Gasteiger partial charge >= 0.3 is 0 Å². The van der Waals surface area contributed by atoms with Crippen molar-refractivity contribution >= 4 is 57.8 Å². The van der Waals surface area contributed by atoms with Crippen molar-refractivity contribution in [1.82, 2.24) is 0 Å². The van der Waals surface area contributed by atoms with Gasteiger partial charge < -0.3 is 4.90 Å². The third-order valence-electron chi connectivity index (χ3n) is 3.33. The van der Waals surface area contributed by atoms with Gasteiger partial charge in [-0.1, -0.05) is 30.4 Å². The maximum absolute atomic E-state index is 11.5. The Morgan fingerprint density at radius 1 is 1.42 bits per heavy atom. The van der Waals surface area contributed by atoms with Gasteiger partial charge in [-0.25, -0.2) is 0 Å². The quantitative estimate of drug-likeness (QED) is 0.582. The number of rotatable bonds is 1. The Morgan fingerprint density at radius 3 is 2.84 bits per heavy atom. The summed E-state index contributed by atoms with van der Waals surface area (Å²) in [7, 11) is 2.00. The average Bonchev–Trinajstić information content (AvgIpc) is 2.96. The molecule has 1 saturated heterocycles. The van der Waals surface area contributed by atoms with Gasteiger partial charge in [0.1, 0.15) is 10.8 Å². The standard InChI is InChI=1S/C14H13NOS3/c1-8(16)11-7-18-14(19-11)12-9-5-3-4-6-10(9)15(2)13(12)17/h3-6,11H,7H2,1-2H3/b14-12+. The molecular weight excluding hydrogens is 294 g/mol. The summed E-state index contributed by atoms with van der Waals surface area (Å²) in [4.78, 5) is 14.4. The summed E-state index contributed by atoms with van der Waals surface area (Å²) in [6, 6.07) is 8.25. The lowest BCUT2D eigenvalue weighted by molar-refractivity contribution is -0.116. The van der Waals surface area contributed by atoms with Crippen molar-refractivity contribution in [3.63, 3.8) is 0 Å². The van der Waals surface area contributed by atoms with Crippen LogP contribution in [-0.4, -0.2) is 28.8 Å². The monoisotopic (exact) mass is 307 g/mol. The zero-order valence-corrected chi connectivity index (χ0v) is 13.1. The molecule has 1 fully saturated rings. The fourth-order valence-corrected chi connectivity index (χ4v) is 5.63. The Kier molecular flexibility index (Phi) is 3.45. The summed E-state index contributed by atoms with van der Waals surface area (Å²) in [5.41, 5.74) is 3.48. The van der Waals surface area contributed by atoms with Gasteiger partial charge in [-0.2, -0.15) is 0 Å². The van der Waals surface area contributed by atoms with Crippen LogP contribution in [0.2, 0.25) is 0 Å². The minimum Gasteiger partial charge on any atom is -0.335 e. The topological polar surface area (TPSA) is 20.3 Å².